The number of aliphatic hydroxyl groups is 1. The van der Waals surface area contributed by atoms with Crippen LogP contribution in [0.25, 0.3) is 0 Å². The Morgan fingerprint density at radius 1 is 1.38 bits per heavy atom. The quantitative estimate of drug-likeness (QED) is 0.697. The van der Waals surface area contributed by atoms with Crippen molar-refractivity contribution in [2.75, 3.05) is 13.7 Å². The zero-order valence-corrected chi connectivity index (χ0v) is 8.49. The van der Waals surface area contributed by atoms with Crippen LogP contribution in [-0.4, -0.2) is 35.6 Å². The normalized spacial score (nSPS) is 28.5. The number of hydrogen-bond acceptors (Lipinski definition) is 2. The van der Waals surface area contributed by atoms with E-state index in [1.165, 1.54) is 12.8 Å². The van der Waals surface area contributed by atoms with Crippen molar-refractivity contribution in [1.29, 1.82) is 0 Å². The largest absolute Gasteiger partial charge is 0.387 e. The Balaban J connectivity index is 2.39. The molecule has 0 spiro atoms. The first-order chi connectivity index (χ1) is 6.15. The van der Waals surface area contributed by atoms with Crippen LogP contribution in [-0.2, 0) is 4.79 Å². The van der Waals surface area contributed by atoms with Gasteiger partial charge in [-0.2, -0.15) is 0 Å². The Hall–Kier alpha value is -0.570. The molecule has 3 heteroatoms. The Kier molecular flexibility index (Phi) is 3.72. The third-order valence-corrected chi connectivity index (χ3v) is 3.06. The minimum Gasteiger partial charge on any atom is -0.387 e. The van der Waals surface area contributed by atoms with Gasteiger partial charge in [0.25, 0.3) is 0 Å². The first kappa shape index (κ1) is 10.5. The van der Waals surface area contributed by atoms with Gasteiger partial charge in [0.05, 0.1) is 0 Å². The Bertz CT molecular complexity index is 174. The summed E-state index contributed by atoms with van der Waals surface area (Å²) in [7, 11) is 1.79. The molecule has 0 bridgehead atoms. The fourth-order valence-electron chi connectivity index (χ4n) is 1.94. The first-order valence-corrected chi connectivity index (χ1v) is 5.01. The maximum absolute atomic E-state index is 11.2. The van der Waals surface area contributed by atoms with E-state index in [9.17, 15) is 4.79 Å². The number of aliphatic hydroxyl groups excluding tert-OH is 1. The standard InChI is InChI=1S/C10H19NO2/c1-8-3-5-9(6-4-8)11(2)10(13)7-12/h8-9,12H,3-7H2,1-2H3. The van der Waals surface area contributed by atoms with Crippen LogP contribution in [0.15, 0.2) is 0 Å². The van der Waals surface area contributed by atoms with Crippen LogP contribution in [0.4, 0.5) is 0 Å². The van der Waals surface area contributed by atoms with Gasteiger partial charge in [-0.1, -0.05) is 6.92 Å². The number of nitrogens with zero attached hydrogens (tertiary/aromatic N) is 1. The van der Waals surface area contributed by atoms with Gasteiger partial charge < -0.3 is 10.0 Å². The Labute approximate surface area is 79.7 Å². The molecule has 3 nitrogen and oxygen atoms in total. The molecule has 0 aromatic carbocycles. The minimum absolute atomic E-state index is 0.153. The van der Waals surface area contributed by atoms with Crippen LogP contribution in [0.2, 0.25) is 0 Å². The highest BCUT2D eigenvalue weighted by Gasteiger charge is 2.23. The molecule has 1 rings (SSSR count). The summed E-state index contributed by atoms with van der Waals surface area (Å²) in [6.45, 7) is 1.90. The smallest absolute Gasteiger partial charge is 0.248 e. The molecule has 0 aromatic rings. The maximum Gasteiger partial charge on any atom is 0.248 e. The maximum atomic E-state index is 11.2. The van der Waals surface area contributed by atoms with Crippen LogP contribution in [0.3, 0.4) is 0 Å². The summed E-state index contributed by atoms with van der Waals surface area (Å²) in [5, 5.41) is 8.70. The summed E-state index contributed by atoms with van der Waals surface area (Å²) in [6, 6.07) is 0.357. The lowest BCUT2D eigenvalue weighted by Gasteiger charge is -2.33. The number of likely N-dealkylation sites (N-methyl/N-ethyl adjacent to an activating group) is 1. The number of hydrogen-bond donors (Lipinski definition) is 1. The number of carbonyl (C=O) groups excluding carboxylic acids is 1. The van der Waals surface area contributed by atoms with Crippen LogP contribution in [0.1, 0.15) is 32.6 Å². The van der Waals surface area contributed by atoms with Gasteiger partial charge in [0, 0.05) is 13.1 Å². The van der Waals surface area contributed by atoms with E-state index in [2.05, 4.69) is 6.92 Å². The summed E-state index contributed by atoms with van der Waals surface area (Å²) >= 11 is 0. The fourth-order valence-corrected chi connectivity index (χ4v) is 1.94. The number of amides is 1. The summed E-state index contributed by atoms with van der Waals surface area (Å²) in [4.78, 5) is 12.9. The SMILES string of the molecule is CC1CCC(N(C)C(=O)CO)CC1. The highest BCUT2D eigenvalue weighted by molar-refractivity contribution is 5.77. The molecule has 0 radical (unpaired) electrons. The number of carbonyl (C=O) groups is 1. The molecule has 1 fully saturated rings. The molecule has 1 aliphatic rings. The summed E-state index contributed by atoms with van der Waals surface area (Å²) in [6.07, 6.45) is 4.58. The topological polar surface area (TPSA) is 40.5 Å². The lowest BCUT2D eigenvalue weighted by Crippen LogP contribution is -2.40. The van der Waals surface area contributed by atoms with Crippen LogP contribution >= 0.6 is 0 Å². The molecule has 1 aliphatic carbocycles. The van der Waals surface area contributed by atoms with Crippen molar-refractivity contribution < 1.29 is 9.90 Å². The van der Waals surface area contributed by atoms with Gasteiger partial charge in [-0.3, -0.25) is 4.79 Å². The molecular weight excluding hydrogens is 166 g/mol. The van der Waals surface area contributed by atoms with E-state index >= 15 is 0 Å². The van der Waals surface area contributed by atoms with Gasteiger partial charge in [-0.05, 0) is 31.6 Å². The van der Waals surface area contributed by atoms with Crippen LogP contribution < -0.4 is 0 Å². The molecule has 1 saturated carbocycles. The van der Waals surface area contributed by atoms with Crippen molar-refractivity contribution in [1.82, 2.24) is 4.90 Å². The average molecular weight is 185 g/mol. The van der Waals surface area contributed by atoms with E-state index in [1.54, 1.807) is 11.9 Å². The third kappa shape index (κ3) is 2.69. The molecule has 0 unspecified atom stereocenters. The van der Waals surface area contributed by atoms with Gasteiger partial charge in [0.15, 0.2) is 0 Å². The predicted molar refractivity (Wildman–Crippen MR) is 51.3 cm³/mol. The summed E-state index contributed by atoms with van der Waals surface area (Å²) < 4.78 is 0. The molecule has 13 heavy (non-hydrogen) atoms. The van der Waals surface area contributed by atoms with Crippen LogP contribution in [0.5, 0.6) is 0 Å². The second-order valence-corrected chi connectivity index (χ2v) is 4.08. The first-order valence-electron chi connectivity index (χ1n) is 5.01. The summed E-state index contributed by atoms with van der Waals surface area (Å²) in [5.74, 6) is 0.647. The number of rotatable bonds is 2. The predicted octanol–water partition coefficient (Wildman–Crippen LogP) is 1.02. The van der Waals surface area contributed by atoms with Gasteiger partial charge in [0.1, 0.15) is 6.61 Å². The van der Waals surface area contributed by atoms with E-state index in [0.29, 0.717) is 6.04 Å². The molecule has 1 N–H and O–H groups in total. The molecule has 0 atom stereocenters. The average Bonchev–Trinajstić information content (AvgIpc) is 2.17. The lowest BCUT2D eigenvalue weighted by atomic mass is 9.87. The third-order valence-electron chi connectivity index (χ3n) is 3.06. The monoisotopic (exact) mass is 185 g/mol. The highest BCUT2D eigenvalue weighted by atomic mass is 16.3. The minimum atomic E-state index is -0.359. The molecular formula is C10H19NO2. The van der Waals surface area contributed by atoms with Crippen molar-refractivity contribution in [3.8, 4) is 0 Å². The zero-order valence-electron chi connectivity index (χ0n) is 8.49. The molecule has 76 valence electrons. The van der Waals surface area contributed by atoms with Crippen molar-refractivity contribution >= 4 is 5.91 Å². The molecule has 0 aromatic heterocycles. The highest BCUT2D eigenvalue weighted by Crippen LogP contribution is 2.26. The van der Waals surface area contributed by atoms with Crippen molar-refractivity contribution in [2.24, 2.45) is 5.92 Å². The van der Waals surface area contributed by atoms with Crippen molar-refractivity contribution in [3.63, 3.8) is 0 Å². The van der Waals surface area contributed by atoms with E-state index in [4.69, 9.17) is 5.11 Å². The van der Waals surface area contributed by atoms with Gasteiger partial charge in [0.2, 0.25) is 5.91 Å². The molecule has 1 amide bonds. The van der Waals surface area contributed by atoms with Crippen LogP contribution in [0, 0.1) is 5.92 Å². The van der Waals surface area contributed by atoms with E-state index in [1.807, 2.05) is 0 Å². The van der Waals surface area contributed by atoms with Gasteiger partial charge in [-0.15, -0.1) is 0 Å². The van der Waals surface area contributed by atoms with Gasteiger partial charge in [-0.25, -0.2) is 0 Å². The molecule has 0 saturated heterocycles. The molecule has 0 heterocycles. The van der Waals surface area contributed by atoms with E-state index in [-0.39, 0.29) is 12.5 Å². The van der Waals surface area contributed by atoms with E-state index in [0.717, 1.165) is 18.8 Å². The fraction of sp³-hybridized carbons (Fsp3) is 0.900. The second kappa shape index (κ2) is 4.61. The Morgan fingerprint density at radius 2 is 1.92 bits per heavy atom. The van der Waals surface area contributed by atoms with E-state index < -0.39 is 0 Å². The summed E-state index contributed by atoms with van der Waals surface area (Å²) in [5.41, 5.74) is 0. The lowest BCUT2D eigenvalue weighted by molar-refractivity contribution is -0.135. The van der Waals surface area contributed by atoms with Crippen molar-refractivity contribution in [2.45, 2.75) is 38.6 Å². The Morgan fingerprint density at radius 3 is 2.38 bits per heavy atom. The molecule has 0 aliphatic heterocycles. The second-order valence-electron chi connectivity index (χ2n) is 4.08. The van der Waals surface area contributed by atoms with Gasteiger partial charge >= 0.3 is 0 Å². The van der Waals surface area contributed by atoms with Crippen molar-refractivity contribution in [3.05, 3.63) is 0 Å². The zero-order chi connectivity index (χ0) is 9.84.